The molecule has 9 nitrogen and oxygen atoms in total. The van der Waals surface area contributed by atoms with E-state index < -0.39 is 46.2 Å². The van der Waals surface area contributed by atoms with Crippen LogP contribution in [0.5, 0.6) is 0 Å². The lowest BCUT2D eigenvalue weighted by Crippen LogP contribution is -2.66. The number of aliphatic hydroxyl groups excluding tert-OH is 1. The highest BCUT2D eigenvalue weighted by molar-refractivity contribution is 5.88. The Labute approximate surface area is 222 Å². The third-order valence-corrected chi connectivity index (χ3v) is 10.3. The number of rotatable bonds is 1. The standard InChI is InChI=1S/C29H36O9/c1-17-7-10-27-15-34-24(32)13-19-8-11-35-28(18(2)30,25(19)33)9-5-4-6-23(31)38-20-14-22(37-21(27)12-17)29(16-36-29)26(20,27)3/h4,6,12-13,20-22,25,33H,5,7-11,14-16H2,1-3H3/t20-,21+,22+,25+,26+,27+,28-,29-/m1/s1. The Morgan fingerprint density at radius 1 is 1.08 bits per heavy atom. The van der Waals surface area contributed by atoms with E-state index in [-0.39, 0.29) is 37.6 Å². The molecule has 0 amide bonds. The molecule has 2 aliphatic carbocycles. The van der Waals surface area contributed by atoms with Gasteiger partial charge in [-0.2, -0.15) is 0 Å². The number of cyclic esters (lactones) is 1. The van der Waals surface area contributed by atoms with Gasteiger partial charge in [-0.05, 0) is 51.5 Å². The molecule has 2 spiro atoms. The summed E-state index contributed by atoms with van der Waals surface area (Å²) in [5.74, 6) is -1.41. The summed E-state index contributed by atoms with van der Waals surface area (Å²) in [6.45, 7) is 6.28. The summed E-state index contributed by atoms with van der Waals surface area (Å²) in [6.07, 6.45) is 6.90. The van der Waals surface area contributed by atoms with E-state index in [4.69, 9.17) is 23.7 Å². The predicted molar refractivity (Wildman–Crippen MR) is 133 cm³/mol. The van der Waals surface area contributed by atoms with E-state index in [9.17, 15) is 19.5 Å². The van der Waals surface area contributed by atoms with Gasteiger partial charge in [-0.3, -0.25) is 4.79 Å². The Bertz CT molecular complexity index is 1150. The monoisotopic (exact) mass is 528 g/mol. The molecule has 0 aromatic heterocycles. The summed E-state index contributed by atoms with van der Waals surface area (Å²) >= 11 is 0. The van der Waals surface area contributed by atoms with Crippen molar-refractivity contribution < 1.29 is 43.2 Å². The maximum absolute atomic E-state index is 13.2. The van der Waals surface area contributed by atoms with Crippen molar-refractivity contribution in [3.8, 4) is 0 Å². The van der Waals surface area contributed by atoms with Crippen LogP contribution in [0.3, 0.4) is 0 Å². The molecule has 0 unspecified atom stereocenters. The third-order valence-electron chi connectivity index (χ3n) is 10.3. The van der Waals surface area contributed by atoms with Crippen LogP contribution >= 0.6 is 0 Å². The summed E-state index contributed by atoms with van der Waals surface area (Å²) in [7, 11) is 0. The van der Waals surface area contributed by atoms with Gasteiger partial charge in [0, 0.05) is 24.0 Å². The molecule has 1 saturated carbocycles. The summed E-state index contributed by atoms with van der Waals surface area (Å²) in [5, 5.41) is 11.2. The molecular weight excluding hydrogens is 492 g/mol. The molecule has 1 N–H and O–H groups in total. The number of aliphatic hydroxyl groups is 1. The van der Waals surface area contributed by atoms with Gasteiger partial charge in [-0.25, -0.2) is 9.59 Å². The first-order chi connectivity index (χ1) is 18.1. The van der Waals surface area contributed by atoms with Crippen LogP contribution in [-0.2, 0) is 38.1 Å². The van der Waals surface area contributed by atoms with E-state index in [1.54, 1.807) is 6.08 Å². The van der Waals surface area contributed by atoms with Gasteiger partial charge in [-0.1, -0.05) is 24.6 Å². The number of carbonyl (C=O) groups is 3. The minimum atomic E-state index is -1.49. The second-order valence-electron chi connectivity index (χ2n) is 12.0. The Balaban J connectivity index is 1.42. The lowest BCUT2D eigenvalue weighted by atomic mass is 9.51. The number of fused-ring (bicyclic) bond motifs is 2. The molecule has 9 heteroatoms. The lowest BCUT2D eigenvalue weighted by molar-refractivity contribution is -0.232. The summed E-state index contributed by atoms with van der Waals surface area (Å²) < 4.78 is 30.6. The van der Waals surface area contributed by atoms with Gasteiger partial charge in [0.1, 0.15) is 24.4 Å². The first kappa shape index (κ1) is 25.9. The molecule has 38 heavy (non-hydrogen) atoms. The highest BCUT2D eigenvalue weighted by atomic mass is 16.6. The number of Topliss-reactive ketones (excluding diaryl/α,β-unsaturated/α-hetero) is 1. The minimum Gasteiger partial charge on any atom is -0.462 e. The van der Waals surface area contributed by atoms with E-state index in [2.05, 4.69) is 19.9 Å². The Morgan fingerprint density at radius 3 is 2.61 bits per heavy atom. The number of ether oxygens (including phenoxy) is 5. The summed E-state index contributed by atoms with van der Waals surface area (Å²) in [4.78, 5) is 38.9. The third kappa shape index (κ3) is 3.48. The molecule has 8 atom stereocenters. The second-order valence-corrected chi connectivity index (χ2v) is 12.0. The molecule has 6 rings (SSSR count). The number of hydrogen-bond acceptors (Lipinski definition) is 9. The van der Waals surface area contributed by atoms with Crippen LogP contribution < -0.4 is 0 Å². The maximum atomic E-state index is 13.2. The van der Waals surface area contributed by atoms with Gasteiger partial charge in [0.25, 0.3) is 0 Å². The average molecular weight is 529 g/mol. The van der Waals surface area contributed by atoms with E-state index in [0.717, 1.165) is 6.42 Å². The first-order valence-electron chi connectivity index (χ1n) is 13.6. The zero-order valence-corrected chi connectivity index (χ0v) is 22.2. The number of carbonyl (C=O) groups excluding carboxylic acids is 3. The van der Waals surface area contributed by atoms with E-state index >= 15 is 0 Å². The number of esters is 2. The Kier molecular flexibility index (Phi) is 6.03. The van der Waals surface area contributed by atoms with Crippen molar-refractivity contribution in [2.75, 3.05) is 19.8 Å². The number of hydrogen-bond donors (Lipinski definition) is 1. The van der Waals surface area contributed by atoms with E-state index in [1.165, 1.54) is 24.6 Å². The molecule has 0 aromatic rings. The van der Waals surface area contributed by atoms with E-state index in [0.29, 0.717) is 37.9 Å². The molecule has 3 saturated heterocycles. The topological polar surface area (TPSA) is 121 Å². The van der Waals surface area contributed by atoms with Crippen molar-refractivity contribution in [2.24, 2.45) is 10.8 Å². The van der Waals surface area contributed by atoms with E-state index in [1.807, 2.05) is 0 Å². The molecule has 0 radical (unpaired) electrons. The summed E-state index contributed by atoms with van der Waals surface area (Å²) in [5.41, 5.74) is -1.77. The summed E-state index contributed by atoms with van der Waals surface area (Å²) in [6, 6.07) is 0. The largest absolute Gasteiger partial charge is 0.462 e. The molecule has 4 heterocycles. The van der Waals surface area contributed by atoms with Gasteiger partial charge in [0.2, 0.25) is 0 Å². The molecule has 4 aliphatic heterocycles. The van der Waals surface area contributed by atoms with Crippen molar-refractivity contribution in [1.82, 2.24) is 0 Å². The fourth-order valence-electron chi connectivity index (χ4n) is 7.88. The molecule has 206 valence electrons. The Morgan fingerprint density at radius 2 is 1.87 bits per heavy atom. The predicted octanol–water partition coefficient (Wildman–Crippen LogP) is 2.50. The van der Waals surface area contributed by atoms with Crippen molar-refractivity contribution in [2.45, 2.75) is 94.9 Å². The van der Waals surface area contributed by atoms with Crippen LogP contribution in [0.1, 0.15) is 59.3 Å². The zero-order valence-electron chi connectivity index (χ0n) is 22.2. The second kappa shape index (κ2) is 8.84. The van der Waals surface area contributed by atoms with Gasteiger partial charge in [0.15, 0.2) is 11.4 Å². The van der Waals surface area contributed by atoms with Crippen LogP contribution in [0, 0.1) is 10.8 Å². The fraction of sp³-hybridized carbons (Fsp3) is 0.690. The first-order valence-corrected chi connectivity index (χ1v) is 13.6. The number of ketones is 1. The van der Waals surface area contributed by atoms with Gasteiger partial charge in [-0.15, -0.1) is 0 Å². The zero-order chi connectivity index (χ0) is 26.9. The molecule has 4 fully saturated rings. The van der Waals surface area contributed by atoms with Crippen LogP contribution in [0.25, 0.3) is 0 Å². The fourth-order valence-corrected chi connectivity index (χ4v) is 7.88. The van der Waals surface area contributed by atoms with Crippen LogP contribution in [0.15, 0.2) is 35.5 Å². The van der Waals surface area contributed by atoms with Crippen LogP contribution in [0.2, 0.25) is 0 Å². The van der Waals surface area contributed by atoms with Crippen molar-refractivity contribution in [1.29, 1.82) is 0 Å². The van der Waals surface area contributed by atoms with Gasteiger partial charge < -0.3 is 28.8 Å². The minimum absolute atomic E-state index is 0.0483. The molecule has 6 aliphatic rings. The molecular formula is C29H36O9. The van der Waals surface area contributed by atoms with Crippen LogP contribution in [-0.4, -0.2) is 78.3 Å². The smallest absolute Gasteiger partial charge is 0.330 e. The highest BCUT2D eigenvalue weighted by Gasteiger charge is 2.83. The lowest BCUT2D eigenvalue weighted by Gasteiger charge is -2.58. The van der Waals surface area contributed by atoms with Gasteiger partial charge >= 0.3 is 11.9 Å². The van der Waals surface area contributed by atoms with Crippen molar-refractivity contribution in [3.63, 3.8) is 0 Å². The van der Waals surface area contributed by atoms with Crippen molar-refractivity contribution in [3.05, 3.63) is 35.5 Å². The molecule has 4 bridgehead atoms. The Hall–Kier alpha value is -2.33. The average Bonchev–Trinajstić information content (AvgIpc) is 3.65. The number of allylic oxidation sites excluding steroid dienone is 2. The SMILES string of the molecule is CC(=O)[C@@]12CCC=CC(=O)O[C@@H]3C[C@@H]4O[C@H]5C=C(C)CC[C@@]5(COC(=O)C=C(CCO1)[C@@H]2O)[C@@]3(C)[C@@]41CO1. The normalized spacial score (nSPS) is 46.4. The molecule has 0 aromatic carbocycles. The van der Waals surface area contributed by atoms with Crippen LogP contribution in [0.4, 0.5) is 0 Å². The maximum Gasteiger partial charge on any atom is 0.330 e. The number of epoxide rings is 1. The van der Waals surface area contributed by atoms with Crippen molar-refractivity contribution >= 4 is 17.7 Å². The van der Waals surface area contributed by atoms with Gasteiger partial charge in [0.05, 0.1) is 30.8 Å². The highest BCUT2D eigenvalue weighted by Crippen LogP contribution is 2.72. The quantitative estimate of drug-likeness (QED) is 0.311.